The first-order valence-electron chi connectivity index (χ1n) is 12.0. The first kappa shape index (κ1) is 22.5. The minimum atomic E-state index is 0.0479. The number of amides is 2. The SMILES string of the molecule is CC(=O)N1CCC(C(=O)N2CCCC(c3cc(Cc4cccc(C)c4)cc(C)n3)C2)CC1. The molecule has 0 aliphatic carbocycles. The lowest BCUT2D eigenvalue weighted by Crippen LogP contribution is -2.46. The van der Waals surface area contributed by atoms with Crippen molar-refractivity contribution in [3.8, 4) is 0 Å². The molecule has 4 rings (SSSR count). The van der Waals surface area contributed by atoms with Gasteiger partial charge in [-0.15, -0.1) is 0 Å². The van der Waals surface area contributed by atoms with E-state index in [9.17, 15) is 9.59 Å². The van der Waals surface area contributed by atoms with E-state index in [1.807, 2.05) is 4.90 Å². The average molecular weight is 434 g/mol. The molecule has 1 aromatic carbocycles. The highest BCUT2D eigenvalue weighted by Crippen LogP contribution is 2.29. The van der Waals surface area contributed by atoms with Crippen molar-refractivity contribution in [3.05, 3.63) is 64.5 Å². The number of aryl methyl sites for hydroxylation is 2. The third-order valence-corrected chi connectivity index (χ3v) is 6.96. The summed E-state index contributed by atoms with van der Waals surface area (Å²) in [4.78, 5) is 33.6. The Morgan fingerprint density at radius 1 is 0.969 bits per heavy atom. The second-order valence-electron chi connectivity index (χ2n) is 9.61. The van der Waals surface area contributed by atoms with Gasteiger partial charge in [0.2, 0.25) is 11.8 Å². The summed E-state index contributed by atoms with van der Waals surface area (Å²) in [7, 11) is 0. The highest BCUT2D eigenvalue weighted by Gasteiger charge is 2.32. The van der Waals surface area contributed by atoms with Crippen LogP contribution in [0.1, 0.15) is 66.6 Å². The van der Waals surface area contributed by atoms with Crippen LogP contribution in [-0.2, 0) is 16.0 Å². The number of aromatic nitrogens is 1. The first-order valence-corrected chi connectivity index (χ1v) is 12.0. The molecule has 0 bridgehead atoms. The summed E-state index contributed by atoms with van der Waals surface area (Å²) in [6.45, 7) is 8.80. The van der Waals surface area contributed by atoms with E-state index in [1.54, 1.807) is 6.92 Å². The van der Waals surface area contributed by atoms with Gasteiger partial charge in [0, 0.05) is 56.3 Å². The molecule has 2 aromatic rings. The molecule has 2 fully saturated rings. The third-order valence-electron chi connectivity index (χ3n) is 6.96. The Labute approximate surface area is 191 Å². The molecule has 5 heteroatoms. The fourth-order valence-electron chi connectivity index (χ4n) is 5.26. The lowest BCUT2D eigenvalue weighted by molar-refractivity contribution is -0.141. The fourth-order valence-corrected chi connectivity index (χ4v) is 5.26. The van der Waals surface area contributed by atoms with Crippen LogP contribution in [0.15, 0.2) is 36.4 Å². The molecule has 0 spiro atoms. The molecule has 1 aromatic heterocycles. The first-order chi connectivity index (χ1) is 15.4. The molecule has 0 radical (unpaired) electrons. The zero-order valence-electron chi connectivity index (χ0n) is 19.6. The Balaban J connectivity index is 1.43. The maximum absolute atomic E-state index is 13.2. The van der Waals surface area contributed by atoms with Crippen molar-refractivity contribution in [2.75, 3.05) is 26.2 Å². The average Bonchev–Trinajstić information content (AvgIpc) is 2.78. The zero-order chi connectivity index (χ0) is 22.7. The zero-order valence-corrected chi connectivity index (χ0v) is 19.6. The minimum Gasteiger partial charge on any atom is -0.343 e. The minimum absolute atomic E-state index is 0.0479. The molecule has 5 nitrogen and oxygen atoms in total. The van der Waals surface area contributed by atoms with Gasteiger partial charge in [-0.2, -0.15) is 0 Å². The predicted octanol–water partition coefficient (Wildman–Crippen LogP) is 4.25. The second kappa shape index (κ2) is 9.85. The van der Waals surface area contributed by atoms with E-state index in [2.05, 4.69) is 55.1 Å². The van der Waals surface area contributed by atoms with E-state index in [-0.39, 0.29) is 17.7 Å². The van der Waals surface area contributed by atoms with E-state index < -0.39 is 0 Å². The van der Waals surface area contributed by atoms with Crippen LogP contribution in [0.4, 0.5) is 0 Å². The van der Waals surface area contributed by atoms with Gasteiger partial charge < -0.3 is 9.80 Å². The number of carbonyl (C=O) groups is 2. The Morgan fingerprint density at radius 3 is 2.47 bits per heavy atom. The molecule has 2 saturated heterocycles. The number of hydrogen-bond acceptors (Lipinski definition) is 3. The van der Waals surface area contributed by atoms with Gasteiger partial charge in [-0.1, -0.05) is 29.8 Å². The third kappa shape index (κ3) is 5.37. The van der Waals surface area contributed by atoms with Crippen LogP contribution < -0.4 is 0 Å². The molecule has 0 N–H and O–H groups in total. The van der Waals surface area contributed by atoms with Gasteiger partial charge in [0.05, 0.1) is 0 Å². The van der Waals surface area contributed by atoms with E-state index in [4.69, 9.17) is 4.98 Å². The van der Waals surface area contributed by atoms with E-state index in [0.717, 1.165) is 56.6 Å². The number of likely N-dealkylation sites (tertiary alicyclic amines) is 2. The predicted molar refractivity (Wildman–Crippen MR) is 126 cm³/mol. The van der Waals surface area contributed by atoms with Crippen LogP contribution in [0.5, 0.6) is 0 Å². The molecular formula is C27H35N3O2. The molecule has 3 heterocycles. The van der Waals surface area contributed by atoms with Gasteiger partial charge in [-0.05, 0) is 69.2 Å². The normalized spacial score (nSPS) is 19.8. The summed E-state index contributed by atoms with van der Waals surface area (Å²) in [6, 6.07) is 13.1. The number of hydrogen-bond donors (Lipinski definition) is 0. The number of pyridine rings is 1. The van der Waals surface area contributed by atoms with Gasteiger partial charge >= 0.3 is 0 Å². The molecule has 170 valence electrons. The fraction of sp³-hybridized carbons (Fsp3) is 0.519. The van der Waals surface area contributed by atoms with Crippen LogP contribution in [0, 0.1) is 19.8 Å². The summed E-state index contributed by atoms with van der Waals surface area (Å²) < 4.78 is 0. The molecule has 1 atom stereocenters. The molecular weight excluding hydrogens is 398 g/mol. The molecule has 2 aliphatic rings. The van der Waals surface area contributed by atoms with Crippen molar-refractivity contribution in [3.63, 3.8) is 0 Å². The summed E-state index contributed by atoms with van der Waals surface area (Å²) in [5.74, 6) is 0.722. The largest absolute Gasteiger partial charge is 0.343 e. The lowest BCUT2D eigenvalue weighted by atomic mass is 9.89. The maximum Gasteiger partial charge on any atom is 0.225 e. The van der Waals surface area contributed by atoms with Crippen LogP contribution in [0.25, 0.3) is 0 Å². The second-order valence-corrected chi connectivity index (χ2v) is 9.61. The number of benzene rings is 1. The Morgan fingerprint density at radius 2 is 1.75 bits per heavy atom. The van der Waals surface area contributed by atoms with E-state index in [1.165, 1.54) is 16.7 Å². The maximum atomic E-state index is 13.2. The Kier molecular flexibility index (Phi) is 6.92. The van der Waals surface area contributed by atoms with Crippen LogP contribution in [0.2, 0.25) is 0 Å². The molecule has 1 unspecified atom stereocenters. The lowest BCUT2D eigenvalue weighted by Gasteiger charge is -2.37. The van der Waals surface area contributed by atoms with Gasteiger partial charge in [0.15, 0.2) is 0 Å². The van der Waals surface area contributed by atoms with Crippen LogP contribution in [-0.4, -0.2) is 52.8 Å². The van der Waals surface area contributed by atoms with Crippen molar-refractivity contribution < 1.29 is 9.59 Å². The summed E-state index contributed by atoms with van der Waals surface area (Å²) in [5, 5.41) is 0. The van der Waals surface area contributed by atoms with Crippen molar-refractivity contribution >= 4 is 11.8 Å². The standard InChI is InChI=1S/C27H35N3O2/c1-19-6-4-7-22(14-19)16-23-15-20(2)28-26(17-23)25-8-5-11-30(18-25)27(32)24-9-12-29(13-10-24)21(3)31/h4,6-7,14-15,17,24-25H,5,8-13,16,18H2,1-3H3. The van der Waals surface area contributed by atoms with Gasteiger partial charge in [-0.25, -0.2) is 0 Å². The van der Waals surface area contributed by atoms with Gasteiger partial charge in [0.1, 0.15) is 0 Å². The van der Waals surface area contributed by atoms with Crippen molar-refractivity contribution in [1.82, 2.24) is 14.8 Å². The van der Waals surface area contributed by atoms with Crippen LogP contribution in [0.3, 0.4) is 0 Å². The Bertz CT molecular complexity index is 979. The highest BCUT2D eigenvalue weighted by molar-refractivity contribution is 5.80. The summed E-state index contributed by atoms with van der Waals surface area (Å²) >= 11 is 0. The van der Waals surface area contributed by atoms with E-state index >= 15 is 0 Å². The number of nitrogens with zero attached hydrogens (tertiary/aromatic N) is 3. The summed E-state index contributed by atoms with van der Waals surface area (Å²) in [6.07, 6.45) is 4.56. The number of piperidine rings is 2. The van der Waals surface area contributed by atoms with Crippen molar-refractivity contribution in [2.24, 2.45) is 5.92 Å². The molecule has 2 aliphatic heterocycles. The van der Waals surface area contributed by atoms with Gasteiger partial charge in [-0.3, -0.25) is 14.6 Å². The molecule has 2 amide bonds. The van der Waals surface area contributed by atoms with Crippen LogP contribution >= 0.6 is 0 Å². The molecule has 0 saturated carbocycles. The highest BCUT2D eigenvalue weighted by atomic mass is 16.2. The van der Waals surface area contributed by atoms with E-state index in [0.29, 0.717) is 19.0 Å². The molecule has 32 heavy (non-hydrogen) atoms. The smallest absolute Gasteiger partial charge is 0.225 e. The van der Waals surface area contributed by atoms with Crippen molar-refractivity contribution in [1.29, 1.82) is 0 Å². The number of carbonyl (C=O) groups excluding carboxylic acids is 2. The topological polar surface area (TPSA) is 53.5 Å². The number of rotatable bonds is 4. The summed E-state index contributed by atoms with van der Waals surface area (Å²) in [5.41, 5.74) is 6.06. The monoisotopic (exact) mass is 433 g/mol. The van der Waals surface area contributed by atoms with Gasteiger partial charge in [0.25, 0.3) is 0 Å². The van der Waals surface area contributed by atoms with Crippen molar-refractivity contribution in [2.45, 2.75) is 58.8 Å². The Hall–Kier alpha value is -2.69. The quantitative estimate of drug-likeness (QED) is 0.724.